The Morgan fingerprint density at radius 2 is 1.67 bits per heavy atom. The van der Waals surface area contributed by atoms with E-state index < -0.39 is 0 Å². The Bertz CT molecular complexity index is 646. The fraction of sp³-hybridized carbons (Fsp3) is 0.312. The average Bonchev–Trinajstić information content (AvgIpc) is 3.01. The fourth-order valence-corrected chi connectivity index (χ4v) is 1.87. The van der Waals surface area contributed by atoms with E-state index in [1.54, 1.807) is 0 Å². The van der Waals surface area contributed by atoms with E-state index in [0.717, 1.165) is 17.5 Å². The van der Waals surface area contributed by atoms with Crippen LogP contribution in [0.2, 0.25) is 0 Å². The maximum absolute atomic E-state index is 5.74. The molecule has 112 valence electrons. The lowest BCUT2D eigenvalue weighted by Crippen LogP contribution is -1.96. The third kappa shape index (κ3) is 4.27. The number of nitrogens with two attached hydrogens (primary N) is 1. The highest BCUT2D eigenvalue weighted by Crippen LogP contribution is 2.18. The maximum Gasteiger partial charge on any atom is 0.203 e. The number of nitrogens with one attached hydrogen (secondary N) is 1. The summed E-state index contributed by atoms with van der Waals surface area (Å²) >= 11 is 0. The van der Waals surface area contributed by atoms with E-state index >= 15 is 0 Å². The largest absolute Gasteiger partial charge is 0.384 e. The number of nitrogen functional groups attached to an aromatic ring is 1. The number of hydrogen-bond donors (Lipinski definition) is 2. The molecule has 3 N–H and O–H groups in total. The second-order valence-corrected chi connectivity index (χ2v) is 3.86. The minimum Gasteiger partial charge on any atom is -0.384 e. The number of benzene rings is 1. The molecule has 0 unspecified atom stereocenters. The number of H-pyrrole nitrogens is 1. The lowest BCUT2D eigenvalue weighted by molar-refractivity contribution is 0.953. The van der Waals surface area contributed by atoms with Gasteiger partial charge in [-0.15, -0.1) is 5.10 Å². The molecule has 0 aliphatic heterocycles. The molecule has 2 heterocycles. The fourth-order valence-electron chi connectivity index (χ4n) is 1.87. The predicted molar refractivity (Wildman–Crippen MR) is 88.0 cm³/mol. The summed E-state index contributed by atoms with van der Waals surface area (Å²) in [5.74, 6) is 0.470. The Kier molecular flexibility index (Phi) is 6.87. The molecule has 2 aromatic heterocycles. The van der Waals surface area contributed by atoms with Crippen LogP contribution in [0.1, 0.15) is 38.8 Å². The molecule has 1 aromatic carbocycles. The van der Waals surface area contributed by atoms with E-state index in [4.69, 9.17) is 5.73 Å². The Labute approximate surface area is 125 Å². The van der Waals surface area contributed by atoms with Gasteiger partial charge in [-0.3, -0.25) is 0 Å². The van der Waals surface area contributed by atoms with Crippen LogP contribution in [0.3, 0.4) is 0 Å². The monoisotopic (exact) mass is 285 g/mol. The van der Waals surface area contributed by atoms with Crippen LogP contribution in [-0.4, -0.2) is 20.4 Å². The van der Waals surface area contributed by atoms with Crippen molar-refractivity contribution in [2.24, 2.45) is 0 Å². The Balaban J connectivity index is 0.000000510. The van der Waals surface area contributed by atoms with Crippen molar-refractivity contribution >= 4 is 17.0 Å². The zero-order valence-corrected chi connectivity index (χ0v) is 13.1. The summed E-state index contributed by atoms with van der Waals surface area (Å²) in [7, 11) is 0. The molecule has 3 rings (SSSR count). The second-order valence-electron chi connectivity index (χ2n) is 3.86. The first-order valence-electron chi connectivity index (χ1n) is 7.33. The van der Waals surface area contributed by atoms with Gasteiger partial charge in [0.15, 0.2) is 0 Å². The molecule has 0 saturated heterocycles. The zero-order chi connectivity index (χ0) is 15.7. The number of fused-ring (bicyclic) bond motifs is 1. The van der Waals surface area contributed by atoms with Gasteiger partial charge in [0.2, 0.25) is 5.65 Å². The summed E-state index contributed by atoms with van der Waals surface area (Å²) in [5.41, 5.74) is 9.34. The molecule has 0 aliphatic carbocycles. The van der Waals surface area contributed by atoms with Gasteiger partial charge in [0.25, 0.3) is 0 Å². The lowest BCUT2D eigenvalue weighted by atomic mass is 10.1. The molecular weight excluding hydrogens is 262 g/mol. The third-order valence-electron chi connectivity index (χ3n) is 2.63. The number of hydrogen-bond acceptors (Lipinski definition) is 4. The van der Waals surface area contributed by atoms with Crippen LogP contribution >= 0.6 is 0 Å². The topological polar surface area (TPSA) is 80.5 Å². The molecule has 0 saturated carbocycles. The smallest absolute Gasteiger partial charge is 0.203 e. The van der Waals surface area contributed by atoms with Gasteiger partial charge in [-0.1, -0.05) is 58.0 Å². The summed E-state index contributed by atoms with van der Waals surface area (Å²) in [6.07, 6.45) is 0.774. The van der Waals surface area contributed by atoms with Crippen LogP contribution < -0.4 is 5.73 Å². The van der Waals surface area contributed by atoms with E-state index in [2.05, 4.69) is 32.5 Å². The van der Waals surface area contributed by atoms with Crippen molar-refractivity contribution in [1.29, 1.82) is 0 Å². The van der Waals surface area contributed by atoms with Crippen LogP contribution in [0.15, 0.2) is 36.4 Å². The maximum atomic E-state index is 5.74. The summed E-state index contributed by atoms with van der Waals surface area (Å²) < 4.78 is 0. The van der Waals surface area contributed by atoms with E-state index in [9.17, 15) is 0 Å². The highest BCUT2D eigenvalue weighted by molar-refractivity contribution is 5.76. The van der Waals surface area contributed by atoms with Crippen LogP contribution in [0.25, 0.3) is 11.2 Å². The van der Waals surface area contributed by atoms with E-state index in [-0.39, 0.29) is 0 Å². The molecule has 0 radical (unpaired) electrons. The van der Waals surface area contributed by atoms with Crippen molar-refractivity contribution in [3.05, 3.63) is 47.5 Å². The van der Waals surface area contributed by atoms with Crippen molar-refractivity contribution in [2.45, 2.75) is 34.1 Å². The normalized spacial score (nSPS) is 9.33. The number of anilines is 1. The number of rotatable bonds is 2. The molecule has 5 heteroatoms. The number of nitrogens with zero attached hydrogens (tertiary/aromatic N) is 3. The highest BCUT2D eigenvalue weighted by atomic mass is 15.3. The minimum absolute atomic E-state index is 0.470. The Hall–Kier alpha value is -2.43. The first-order valence-corrected chi connectivity index (χ1v) is 7.33. The Morgan fingerprint density at radius 3 is 2.33 bits per heavy atom. The zero-order valence-electron chi connectivity index (χ0n) is 13.1. The molecule has 0 aliphatic rings. The first-order chi connectivity index (χ1) is 10.3. The van der Waals surface area contributed by atoms with Gasteiger partial charge < -0.3 is 5.73 Å². The van der Waals surface area contributed by atoms with Crippen LogP contribution in [0.5, 0.6) is 0 Å². The van der Waals surface area contributed by atoms with Gasteiger partial charge in [0.1, 0.15) is 11.3 Å². The molecule has 0 amide bonds. The van der Waals surface area contributed by atoms with Gasteiger partial charge >= 0.3 is 0 Å². The van der Waals surface area contributed by atoms with E-state index in [0.29, 0.717) is 11.5 Å². The minimum atomic E-state index is 0.470. The molecule has 3 aromatic rings. The molecule has 0 spiro atoms. The molecule has 5 nitrogen and oxygen atoms in total. The van der Waals surface area contributed by atoms with Crippen molar-refractivity contribution in [2.75, 3.05) is 5.73 Å². The van der Waals surface area contributed by atoms with E-state index in [1.165, 1.54) is 5.56 Å². The number of aromatic amines is 1. The van der Waals surface area contributed by atoms with Gasteiger partial charge in [0.05, 0.1) is 0 Å². The molecule has 21 heavy (non-hydrogen) atoms. The quantitative estimate of drug-likeness (QED) is 0.754. The second kappa shape index (κ2) is 8.68. The summed E-state index contributed by atoms with van der Waals surface area (Å²) in [4.78, 5) is 4.11. The SMILES string of the molecule is CC.CC.Nc1cc(Cc2ccccc2)c2n[nH]nc2n1. The lowest BCUT2D eigenvalue weighted by Gasteiger charge is -2.03. The summed E-state index contributed by atoms with van der Waals surface area (Å²) in [6.45, 7) is 8.00. The first kappa shape index (κ1) is 16.6. The van der Waals surface area contributed by atoms with Crippen LogP contribution in [0.4, 0.5) is 5.82 Å². The number of pyridine rings is 1. The predicted octanol–water partition coefficient (Wildman–Crippen LogP) is 3.58. The van der Waals surface area contributed by atoms with Gasteiger partial charge in [0, 0.05) is 0 Å². The average molecular weight is 285 g/mol. The Morgan fingerprint density at radius 1 is 1.00 bits per heavy atom. The molecule has 0 bridgehead atoms. The van der Waals surface area contributed by atoms with Gasteiger partial charge in [-0.05, 0) is 23.6 Å². The molecule has 0 fully saturated rings. The summed E-state index contributed by atoms with van der Waals surface area (Å²) in [5, 5.41) is 10.6. The third-order valence-corrected chi connectivity index (χ3v) is 2.63. The van der Waals surface area contributed by atoms with Gasteiger partial charge in [-0.2, -0.15) is 10.3 Å². The standard InChI is InChI=1S/C12H11N5.2C2H6/c13-10-7-9(6-8-4-2-1-3-5-8)11-12(14-10)16-17-15-11;2*1-2/h1-5,7H,6H2,(H3,13,14,15,16,17);2*1-2H3. The number of aromatic nitrogens is 4. The molecular formula is C16H23N5. The molecule has 0 atom stereocenters. The van der Waals surface area contributed by atoms with Crippen LogP contribution in [-0.2, 0) is 6.42 Å². The van der Waals surface area contributed by atoms with Gasteiger partial charge in [-0.25, -0.2) is 4.98 Å². The van der Waals surface area contributed by atoms with E-state index in [1.807, 2.05) is 52.0 Å². The van der Waals surface area contributed by atoms with Crippen molar-refractivity contribution in [1.82, 2.24) is 20.4 Å². The van der Waals surface area contributed by atoms with Crippen molar-refractivity contribution in [3.8, 4) is 0 Å². The van der Waals surface area contributed by atoms with Crippen LogP contribution in [0, 0.1) is 0 Å². The van der Waals surface area contributed by atoms with Crippen molar-refractivity contribution < 1.29 is 0 Å². The summed E-state index contributed by atoms with van der Waals surface area (Å²) in [6, 6.07) is 12.0. The van der Waals surface area contributed by atoms with Crippen molar-refractivity contribution in [3.63, 3.8) is 0 Å². The highest BCUT2D eigenvalue weighted by Gasteiger charge is 2.08.